The van der Waals surface area contributed by atoms with E-state index in [1.54, 1.807) is 18.4 Å². The number of furan rings is 1. The number of carbonyl (C=O) groups excluding carboxylic acids is 1. The van der Waals surface area contributed by atoms with Crippen LogP contribution < -0.4 is 10.6 Å². The summed E-state index contributed by atoms with van der Waals surface area (Å²) in [4.78, 5) is 12.1. The number of aromatic nitrogens is 2. The number of nitrogens with zero attached hydrogens (tertiary/aromatic N) is 1. The maximum atomic E-state index is 12.1. The summed E-state index contributed by atoms with van der Waals surface area (Å²) in [5.41, 5.74) is 1.10. The Morgan fingerprint density at radius 3 is 2.90 bits per heavy atom. The van der Waals surface area contributed by atoms with Crippen molar-refractivity contribution >= 4 is 18.3 Å². The van der Waals surface area contributed by atoms with Gasteiger partial charge in [-0.3, -0.25) is 9.89 Å². The highest BCUT2D eigenvalue weighted by Crippen LogP contribution is 2.17. The van der Waals surface area contributed by atoms with Gasteiger partial charge in [0.2, 0.25) is 0 Å². The minimum absolute atomic E-state index is 0. The molecule has 1 aliphatic heterocycles. The summed E-state index contributed by atoms with van der Waals surface area (Å²) in [6.45, 7) is 1.90. The molecule has 1 saturated heterocycles. The molecule has 20 heavy (non-hydrogen) atoms. The standard InChI is InChI=1S/C13H16N4O2.ClH/c18-13(15-9-3-5-14-6-4-9)11-8-10(16-17-11)12-2-1-7-19-12;/h1-2,7-9,14H,3-6H2,(H,15,18)(H,16,17);1H. The highest BCUT2D eigenvalue weighted by molar-refractivity contribution is 5.93. The normalized spacial score (nSPS) is 15.6. The van der Waals surface area contributed by atoms with Crippen LogP contribution in [0.25, 0.3) is 11.5 Å². The predicted molar refractivity (Wildman–Crippen MR) is 76.9 cm³/mol. The van der Waals surface area contributed by atoms with Gasteiger partial charge in [-0.25, -0.2) is 0 Å². The first-order valence-corrected chi connectivity index (χ1v) is 6.44. The van der Waals surface area contributed by atoms with E-state index >= 15 is 0 Å². The second-order valence-corrected chi connectivity index (χ2v) is 4.64. The van der Waals surface area contributed by atoms with Crippen LogP contribution in [0, 0.1) is 0 Å². The van der Waals surface area contributed by atoms with Crippen LogP contribution in [-0.4, -0.2) is 35.2 Å². The molecule has 0 aliphatic carbocycles. The van der Waals surface area contributed by atoms with Gasteiger partial charge in [-0.2, -0.15) is 5.10 Å². The number of nitrogens with one attached hydrogen (secondary N) is 3. The van der Waals surface area contributed by atoms with Crippen molar-refractivity contribution in [3.63, 3.8) is 0 Å². The topological polar surface area (TPSA) is 83.0 Å². The predicted octanol–water partition coefficient (Wildman–Crippen LogP) is 1.57. The van der Waals surface area contributed by atoms with E-state index in [1.807, 2.05) is 6.07 Å². The van der Waals surface area contributed by atoms with E-state index in [9.17, 15) is 4.79 Å². The highest BCUT2D eigenvalue weighted by atomic mass is 35.5. The maximum absolute atomic E-state index is 12.1. The van der Waals surface area contributed by atoms with Crippen LogP contribution in [-0.2, 0) is 0 Å². The molecule has 0 spiro atoms. The van der Waals surface area contributed by atoms with Crippen molar-refractivity contribution in [1.29, 1.82) is 0 Å². The summed E-state index contributed by atoms with van der Waals surface area (Å²) >= 11 is 0. The number of halogens is 1. The molecule has 3 N–H and O–H groups in total. The molecule has 1 amide bonds. The van der Waals surface area contributed by atoms with Crippen LogP contribution in [0.2, 0.25) is 0 Å². The zero-order valence-electron chi connectivity index (χ0n) is 10.9. The number of piperidine rings is 1. The van der Waals surface area contributed by atoms with Gasteiger partial charge in [-0.15, -0.1) is 12.4 Å². The molecule has 0 aromatic carbocycles. The third-order valence-corrected chi connectivity index (χ3v) is 3.27. The van der Waals surface area contributed by atoms with Gasteiger partial charge < -0.3 is 15.1 Å². The third-order valence-electron chi connectivity index (χ3n) is 3.27. The van der Waals surface area contributed by atoms with Crippen LogP contribution in [0.5, 0.6) is 0 Å². The Hall–Kier alpha value is -1.79. The lowest BCUT2D eigenvalue weighted by molar-refractivity contribution is 0.0924. The summed E-state index contributed by atoms with van der Waals surface area (Å²) in [7, 11) is 0. The zero-order chi connectivity index (χ0) is 13.1. The van der Waals surface area contributed by atoms with Crippen LogP contribution in [0.4, 0.5) is 0 Å². The first-order chi connectivity index (χ1) is 9.33. The van der Waals surface area contributed by atoms with Gasteiger partial charge in [-0.1, -0.05) is 0 Å². The van der Waals surface area contributed by atoms with Gasteiger partial charge in [0.1, 0.15) is 5.69 Å². The number of H-pyrrole nitrogens is 1. The largest absolute Gasteiger partial charge is 0.463 e. The fourth-order valence-electron chi connectivity index (χ4n) is 2.22. The summed E-state index contributed by atoms with van der Waals surface area (Å²) in [6.07, 6.45) is 3.51. The first-order valence-electron chi connectivity index (χ1n) is 6.44. The van der Waals surface area contributed by atoms with E-state index in [-0.39, 0.29) is 24.4 Å². The second-order valence-electron chi connectivity index (χ2n) is 4.64. The van der Waals surface area contributed by atoms with E-state index in [1.165, 1.54) is 0 Å². The molecule has 1 aliphatic rings. The van der Waals surface area contributed by atoms with Gasteiger partial charge in [0.15, 0.2) is 11.5 Å². The van der Waals surface area contributed by atoms with Crippen molar-refractivity contribution in [1.82, 2.24) is 20.8 Å². The summed E-state index contributed by atoms with van der Waals surface area (Å²) in [5, 5.41) is 13.1. The Labute approximate surface area is 122 Å². The van der Waals surface area contributed by atoms with Crippen molar-refractivity contribution < 1.29 is 9.21 Å². The van der Waals surface area contributed by atoms with Crippen molar-refractivity contribution in [3.8, 4) is 11.5 Å². The molecule has 0 bridgehead atoms. The van der Waals surface area contributed by atoms with Gasteiger partial charge in [0.25, 0.3) is 5.91 Å². The molecule has 3 heterocycles. The van der Waals surface area contributed by atoms with Crippen molar-refractivity contribution in [2.45, 2.75) is 18.9 Å². The smallest absolute Gasteiger partial charge is 0.272 e. The maximum Gasteiger partial charge on any atom is 0.272 e. The lowest BCUT2D eigenvalue weighted by Crippen LogP contribution is -2.42. The molecule has 3 rings (SSSR count). The Morgan fingerprint density at radius 2 is 2.20 bits per heavy atom. The van der Waals surface area contributed by atoms with Crippen molar-refractivity contribution in [2.75, 3.05) is 13.1 Å². The van der Waals surface area contributed by atoms with E-state index in [4.69, 9.17) is 4.42 Å². The van der Waals surface area contributed by atoms with Crippen LogP contribution in [0.15, 0.2) is 28.9 Å². The lowest BCUT2D eigenvalue weighted by Gasteiger charge is -2.23. The van der Waals surface area contributed by atoms with Gasteiger partial charge in [0, 0.05) is 12.1 Å². The number of hydrogen-bond acceptors (Lipinski definition) is 4. The molecule has 0 radical (unpaired) electrons. The molecule has 2 aromatic rings. The molecule has 1 fully saturated rings. The Morgan fingerprint density at radius 1 is 1.40 bits per heavy atom. The van der Waals surface area contributed by atoms with E-state index in [0.29, 0.717) is 17.1 Å². The Bertz CT molecular complexity index is 546. The van der Waals surface area contributed by atoms with E-state index in [0.717, 1.165) is 25.9 Å². The summed E-state index contributed by atoms with van der Waals surface area (Å²) < 4.78 is 5.25. The third kappa shape index (κ3) is 3.20. The molecule has 0 unspecified atom stereocenters. The van der Waals surface area contributed by atoms with Gasteiger partial charge >= 0.3 is 0 Å². The number of carbonyl (C=O) groups is 1. The Balaban J connectivity index is 0.00000147. The average molecular weight is 297 g/mol. The lowest BCUT2D eigenvalue weighted by atomic mass is 10.1. The number of hydrogen-bond donors (Lipinski definition) is 3. The molecule has 6 nitrogen and oxygen atoms in total. The van der Waals surface area contributed by atoms with Crippen molar-refractivity contribution in [2.24, 2.45) is 0 Å². The number of aromatic amines is 1. The minimum Gasteiger partial charge on any atom is -0.463 e. The fraction of sp³-hybridized carbons (Fsp3) is 0.385. The monoisotopic (exact) mass is 296 g/mol. The van der Waals surface area contributed by atoms with Crippen LogP contribution >= 0.6 is 12.4 Å². The SMILES string of the molecule is Cl.O=C(NC1CCNCC1)c1cc(-c2ccco2)[nH]n1. The molecule has 108 valence electrons. The first kappa shape index (κ1) is 14.6. The Kier molecular flexibility index (Phi) is 4.81. The molecular formula is C13H17ClN4O2. The average Bonchev–Trinajstić information content (AvgIpc) is 3.11. The molecular weight excluding hydrogens is 280 g/mol. The highest BCUT2D eigenvalue weighted by Gasteiger charge is 2.18. The quantitative estimate of drug-likeness (QED) is 0.803. The molecule has 0 saturated carbocycles. The fourth-order valence-corrected chi connectivity index (χ4v) is 2.22. The number of rotatable bonds is 3. The molecule has 7 heteroatoms. The summed E-state index contributed by atoms with van der Waals surface area (Å²) in [6, 6.07) is 5.56. The zero-order valence-corrected chi connectivity index (χ0v) is 11.7. The molecule has 2 aromatic heterocycles. The molecule has 0 atom stereocenters. The van der Waals surface area contributed by atoms with Crippen LogP contribution in [0.1, 0.15) is 23.3 Å². The summed E-state index contributed by atoms with van der Waals surface area (Å²) in [5.74, 6) is 0.536. The van der Waals surface area contributed by atoms with E-state index in [2.05, 4.69) is 20.8 Å². The minimum atomic E-state index is -0.138. The second kappa shape index (κ2) is 6.58. The van der Waals surface area contributed by atoms with Crippen LogP contribution in [0.3, 0.4) is 0 Å². The van der Waals surface area contributed by atoms with Gasteiger partial charge in [-0.05, 0) is 38.1 Å². The van der Waals surface area contributed by atoms with E-state index < -0.39 is 0 Å². The van der Waals surface area contributed by atoms with Gasteiger partial charge in [0.05, 0.1) is 6.26 Å². The number of amides is 1. The van der Waals surface area contributed by atoms with Crippen molar-refractivity contribution in [3.05, 3.63) is 30.2 Å².